The summed E-state index contributed by atoms with van der Waals surface area (Å²) in [4.78, 5) is 12.4. The largest absolute Gasteiger partial charge is 0.322 e. The van der Waals surface area contributed by atoms with Gasteiger partial charge in [0, 0.05) is 15.7 Å². The molecule has 0 saturated carbocycles. The van der Waals surface area contributed by atoms with E-state index in [0.29, 0.717) is 16.9 Å². The highest BCUT2D eigenvalue weighted by Crippen LogP contribution is 2.24. The minimum absolute atomic E-state index is 0.121. The summed E-state index contributed by atoms with van der Waals surface area (Å²) in [5.41, 5.74) is 3.29. The van der Waals surface area contributed by atoms with E-state index >= 15 is 0 Å². The van der Waals surface area contributed by atoms with Gasteiger partial charge in [-0.05, 0) is 67.4 Å². The van der Waals surface area contributed by atoms with Gasteiger partial charge >= 0.3 is 0 Å². The average Bonchev–Trinajstić information content (AvgIpc) is 2.65. The summed E-state index contributed by atoms with van der Waals surface area (Å²) >= 11 is 3.33. The second-order valence-electron chi connectivity index (χ2n) is 6.36. The number of aryl methyl sites for hydroxylation is 2. The third kappa shape index (κ3) is 4.61. The van der Waals surface area contributed by atoms with Gasteiger partial charge in [-0.3, -0.25) is 9.52 Å². The van der Waals surface area contributed by atoms with Crippen LogP contribution < -0.4 is 10.0 Å². The van der Waals surface area contributed by atoms with E-state index in [1.807, 2.05) is 38.1 Å². The van der Waals surface area contributed by atoms with Gasteiger partial charge in [-0.25, -0.2) is 8.42 Å². The van der Waals surface area contributed by atoms with Crippen LogP contribution in [0.15, 0.2) is 76.1 Å². The SMILES string of the molecule is Cc1cccc(C)c1NS(=O)(=O)c1ccc(NC(=O)c2cccc(Br)c2)cc1. The van der Waals surface area contributed by atoms with E-state index in [1.54, 1.807) is 30.3 Å². The van der Waals surface area contributed by atoms with Crippen LogP contribution in [-0.2, 0) is 10.0 Å². The fourth-order valence-corrected chi connectivity index (χ4v) is 4.32. The minimum atomic E-state index is -3.73. The number of halogens is 1. The quantitative estimate of drug-likeness (QED) is 0.556. The van der Waals surface area contributed by atoms with Gasteiger partial charge in [-0.2, -0.15) is 0 Å². The van der Waals surface area contributed by atoms with E-state index in [2.05, 4.69) is 26.0 Å². The highest BCUT2D eigenvalue weighted by atomic mass is 79.9. The van der Waals surface area contributed by atoms with E-state index in [0.717, 1.165) is 15.6 Å². The molecule has 0 fully saturated rings. The molecule has 3 aromatic rings. The van der Waals surface area contributed by atoms with Crippen molar-refractivity contribution in [2.24, 2.45) is 0 Å². The Hall–Kier alpha value is -2.64. The van der Waals surface area contributed by atoms with Crippen LogP contribution in [0, 0.1) is 13.8 Å². The lowest BCUT2D eigenvalue weighted by molar-refractivity contribution is 0.102. The molecule has 3 aromatic carbocycles. The Kier molecular flexibility index (Phi) is 5.86. The van der Waals surface area contributed by atoms with Crippen molar-refractivity contribution in [2.45, 2.75) is 18.7 Å². The third-order valence-electron chi connectivity index (χ3n) is 4.23. The van der Waals surface area contributed by atoms with E-state index < -0.39 is 10.0 Å². The zero-order valence-corrected chi connectivity index (χ0v) is 17.8. The molecule has 0 heterocycles. The van der Waals surface area contributed by atoms with Crippen LogP contribution in [0.2, 0.25) is 0 Å². The van der Waals surface area contributed by atoms with Crippen molar-refractivity contribution in [2.75, 3.05) is 10.0 Å². The summed E-state index contributed by atoms with van der Waals surface area (Å²) in [5.74, 6) is -0.273. The van der Waals surface area contributed by atoms with Crippen molar-refractivity contribution in [3.63, 3.8) is 0 Å². The van der Waals surface area contributed by atoms with Gasteiger partial charge in [0.25, 0.3) is 15.9 Å². The van der Waals surface area contributed by atoms with Crippen LogP contribution in [0.4, 0.5) is 11.4 Å². The van der Waals surface area contributed by atoms with Gasteiger partial charge in [0.1, 0.15) is 0 Å². The lowest BCUT2D eigenvalue weighted by atomic mass is 10.1. The number of anilines is 2. The maximum Gasteiger partial charge on any atom is 0.261 e. The van der Waals surface area contributed by atoms with E-state index in [1.165, 1.54) is 12.1 Å². The molecule has 144 valence electrons. The van der Waals surface area contributed by atoms with Crippen molar-refractivity contribution >= 4 is 43.2 Å². The first-order chi connectivity index (χ1) is 13.3. The zero-order valence-electron chi connectivity index (χ0n) is 15.4. The standard InChI is InChI=1S/C21H19BrN2O3S/c1-14-5-3-6-15(2)20(14)24-28(26,27)19-11-9-18(10-12-19)23-21(25)16-7-4-8-17(22)13-16/h3-13,24H,1-2H3,(H,23,25). The van der Waals surface area contributed by atoms with Crippen LogP contribution in [0.1, 0.15) is 21.5 Å². The number of hydrogen-bond donors (Lipinski definition) is 2. The highest BCUT2D eigenvalue weighted by Gasteiger charge is 2.16. The number of para-hydroxylation sites is 1. The second kappa shape index (κ2) is 8.16. The summed E-state index contributed by atoms with van der Waals surface area (Å²) < 4.78 is 28.8. The third-order valence-corrected chi connectivity index (χ3v) is 6.09. The molecule has 0 aliphatic rings. The maximum absolute atomic E-state index is 12.7. The normalized spacial score (nSPS) is 11.1. The van der Waals surface area contributed by atoms with Gasteiger partial charge in [0.2, 0.25) is 0 Å². The molecule has 1 amide bonds. The number of carbonyl (C=O) groups is 1. The summed E-state index contributed by atoms with van der Waals surface area (Å²) in [5, 5.41) is 2.76. The molecule has 0 radical (unpaired) electrons. The molecule has 3 rings (SSSR count). The van der Waals surface area contributed by atoms with Gasteiger partial charge in [-0.1, -0.05) is 40.2 Å². The van der Waals surface area contributed by atoms with Crippen LogP contribution in [-0.4, -0.2) is 14.3 Å². The molecule has 7 heteroatoms. The predicted octanol–water partition coefficient (Wildman–Crippen LogP) is 5.12. The molecule has 0 aliphatic heterocycles. The first-order valence-electron chi connectivity index (χ1n) is 8.52. The van der Waals surface area contributed by atoms with Gasteiger partial charge < -0.3 is 5.32 Å². The first kappa shape index (κ1) is 20.1. The molecule has 0 saturated heterocycles. The van der Waals surface area contributed by atoms with E-state index in [4.69, 9.17) is 0 Å². The average molecular weight is 459 g/mol. The summed E-state index contributed by atoms with van der Waals surface area (Å²) in [6.45, 7) is 3.71. The zero-order chi connectivity index (χ0) is 20.3. The Morgan fingerprint density at radius 1 is 0.893 bits per heavy atom. The fraction of sp³-hybridized carbons (Fsp3) is 0.0952. The Bertz CT molecular complexity index is 1110. The van der Waals surface area contributed by atoms with E-state index in [-0.39, 0.29) is 10.8 Å². The molecule has 28 heavy (non-hydrogen) atoms. The number of amides is 1. The fourth-order valence-electron chi connectivity index (χ4n) is 2.72. The highest BCUT2D eigenvalue weighted by molar-refractivity contribution is 9.10. The number of nitrogens with one attached hydrogen (secondary N) is 2. The lowest BCUT2D eigenvalue weighted by Crippen LogP contribution is -2.15. The van der Waals surface area contributed by atoms with Crippen LogP contribution in [0.5, 0.6) is 0 Å². The monoisotopic (exact) mass is 458 g/mol. The van der Waals surface area contributed by atoms with Crippen LogP contribution >= 0.6 is 15.9 Å². The van der Waals surface area contributed by atoms with Gasteiger partial charge in [0.05, 0.1) is 10.6 Å². The molecule has 0 atom stereocenters. The summed E-state index contributed by atoms with van der Waals surface area (Å²) in [7, 11) is -3.73. The Labute approximate surface area is 173 Å². The number of rotatable bonds is 5. The molecule has 0 spiro atoms. The smallest absolute Gasteiger partial charge is 0.261 e. The molecule has 2 N–H and O–H groups in total. The van der Waals surface area contributed by atoms with E-state index in [9.17, 15) is 13.2 Å². The second-order valence-corrected chi connectivity index (χ2v) is 8.96. The van der Waals surface area contributed by atoms with Gasteiger partial charge in [-0.15, -0.1) is 0 Å². The predicted molar refractivity (Wildman–Crippen MR) is 115 cm³/mol. The van der Waals surface area contributed by atoms with Gasteiger partial charge in [0.15, 0.2) is 0 Å². The molecular formula is C21H19BrN2O3S. The van der Waals surface area contributed by atoms with Crippen molar-refractivity contribution in [1.29, 1.82) is 0 Å². The Balaban J connectivity index is 1.77. The summed E-state index contributed by atoms with van der Waals surface area (Å²) in [6, 6.07) is 18.7. The molecule has 0 bridgehead atoms. The van der Waals surface area contributed by atoms with Crippen molar-refractivity contribution in [1.82, 2.24) is 0 Å². The lowest BCUT2D eigenvalue weighted by Gasteiger charge is -2.13. The first-order valence-corrected chi connectivity index (χ1v) is 10.8. The Morgan fingerprint density at radius 2 is 1.50 bits per heavy atom. The molecule has 5 nitrogen and oxygen atoms in total. The Morgan fingerprint density at radius 3 is 2.11 bits per heavy atom. The molecular weight excluding hydrogens is 440 g/mol. The summed E-state index contributed by atoms with van der Waals surface area (Å²) in [6.07, 6.45) is 0. The topological polar surface area (TPSA) is 75.3 Å². The molecule has 0 aliphatic carbocycles. The molecule has 0 aromatic heterocycles. The minimum Gasteiger partial charge on any atom is -0.322 e. The number of hydrogen-bond acceptors (Lipinski definition) is 3. The maximum atomic E-state index is 12.7. The number of sulfonamides is 1. The van der Waals surface area contributed by atoms with Crippen molar-refractivity contribution in [3.05, 3.63) is 87.9 Å². The van der Waals surface area contributed by atoms with Crippen molar-refractivity contribution in [3.8, 4) is 0 Å². The van der Waals surface area contributed by atoms with Crippen LogP contribution in [0.25, 0.3) is 0 Å². The van der Waals surface area contributed by atoms with Crippen molar-refractivity contribution < 1.29 is 13.2 Å². The number of carbonyl (C=O) groups excluding carboxylic acids is 1. The molecule has 0 unspecified atom stereocenters. The number of benzene rings is 3. The van der Waals surface area contributed by atoms with Crippen LogP contribution in [0.3, 0.4) is 0 Å².